The lowest BCUT2D eigenvalue weighted by Crippen LogP contribution is -2.40. The molecule has 138 valence electrons. The Bertz CT molecular complexity index is 551. The van der Waals surface area contributed by atoms with E-state index in [9.17, 15) is 14.7 Å². The number of hydrogen-bond acceptors (Lipinski definition) is 3. The first-order valence-electron chi connectivity index (χ1n) is 9.25. The van der Waals surface area contributed by atoms with Crippen LogP contribution >= 0.6 is 0 Å². The topological polar surface area (TPSA) is 69.6 Å². The van der Waals surface area contributed by atoms with Crippen LogP contribution in [-0.4, -0.2) is 47.6 Å². The fraction of sp³-hybridized carbons (Fsp3) is 0.600. The Kier molecular flexibility index (Phi) is 7.44. The monoisotopic (exact) mass is 346 g/mol. The molecule has 2 N–H and O–H groups in total. The summed E-state index contributed by atoms with van der Waals surface area (Å²) in [6.07, 6.45) is 1.42. The standard InChI is InChI=1S/C20H30N2O3/c1-15(2)18(16-6-4-3-5-7-16)14-21-19(24)8-9-20(25)22-12-10-17(23)11-13-22/h3-7,15,17-18,23H,8-14H2,1-2H3,(H,21,24). The summed E-state index contributed by atoms with van der Waals surface area (Å²) in [6.45, 7) is 6.07. The second-order valence-electron chi connectivity index (χ2n) is 7.18. The van der Waals surface area contributed by atoms with Crippen molar-refractivity contribution in [3.63, 3.8) is 0 Å². The smallest absolute Gasteiger partial charge is 0.223 e. The van der Waals surface area contributed by atoms with Gasteiger partial charge in [-0.1, -0.05) is 44.2 Å². The number of aliphatic hydroxyl groups is 1. The summed E-state index contributed by atoms with van der Waals surface area (Å²) in [7, 11) is 0. The SMILES string of the molecule is CC(C)C(CNC(=O)CCC(=O)N1CCC(O)CC1)c1ccccc1. The molecule has 5 heteroatoms. The van der Waals surface area contributed by atoms with Gasteiger partial charge in [0.25, 0.3) is 0 Å². The first-order valence-corrected chi connectivity index (χ1v) is 9.25. The van der Waals surface area contributed by atoms with E-state index in [4.69, 9.17) is 0 Å². The van der Waals surface area contributed by atoms with Gasteiger partial charge in [-0.25, -0.2) is 0 Å². The van der Waals surface area contributed by atoms with Gasteiger partial charge in [-0.2, -0.15) is 0 Å². The minimum Gasteiger partial charge on any atom is -0.393 e. The molecule has 0 saturated carbocycles. The molecule has 0 aliphatic carbocycles. The molecule has 25 heavy (non-hydrogen) atoms. The highest BCUT2D eigenvalue weighted by Crippen LogP contribution is 2.23. The number of amides is 2. The third kappa shape index (κ3) is 6.16. The molecule has 1 fully saturated rings. The van der Waals surface area contributed by atoms with Gasteiger partial charge in [0.1, 0.15) is 0 Å². The number of carbonyl (C=O) groups is 2. The molecule has 1 aliphatic rings. The van der Waals surface area contributed by atoms with Crippen LogP contribution < -0.4 is 5.32 Å². The summed E-state index contributed by atoms with van der Waals surface area (Å²) in [6, 6.07) is 10.2. The van der Waals surface area contributed by atoms with E-state index in [0.29, 0.717) is 38.4 Å². The van der Waals surface area contributed by atoms with Gasteiger partial charge >= 0.3 is 0 Å². The minimum atomic E-state index is -0.293. The number of piperidine rings is 1. The predicted molar refractivity (Wildman–Crippen MR) is 98.1 cm³/mol. The van der Waals surface area contributed by atoms with E-state index in [0.717, 1.165) is 0 Å². The van der Waals surface area contributed by atoms with Crippen LogP contribution in [0.25, 0.3) is 0 Å². The van der Waals surface area contributed by atoms with Crippen LogP contribution in [0.4, 0.5) is 0 Å². The summed E-state index contributed by atoms with van der Waals surface area (Å²) < 4.78 is 0. The predicted octanol–water partition coefficient (Wildman–Crippen LogP) is 2.31. The molecule has 0 bridgehead atoms. The van der Waals surface area contributed by atoms with Gasteiger partial charge in [0.15, 0.2) is 0 Å². The quantitative estimate of drug-likeness (QED) is 0.796. The molecule has 1 aromatic rings. The molecule has 2 amide bonds. The first-order chi connectivity index (χ1) is 12.0. The molecule has 0 spiro atoms. The highest BCUT2D eigenvalue weighted by atomic mass is 16.3. The summed E-state index contributed by atoms with van der Waals surface area (Å²) >= 11 is 0. The number of benzene rings is 1. The van der Waals surface area contributed by atoms with E-state index < -0.39 is 0 Å². The number of hydrogen-bond donors (Lipinski definition) is 2. The zero-order valence-corrected chi connectivity index (χ0v) is 15.3. The maximum Gasteiger partial charge on any atom is 0.223 e. The largest absolute Gasteiger partial charge is 0.393 e. The average molecular weight is 346 g/mol. The van der Waals surface area contributed by atoms with Crippen LogP contribution in [0.2, 0.25) is 0 Å². The molecule has 2 rings (SSSR count). The van der Waals surface area contributed by atoms with E-state index in [2.05, 4.69) is 31.3 Å². The number of carbonyl (C=O) groups excluding carboxylic acids is 2. The number of likely N-dealkylation sites (tertiary alicyclic amines) is 1. The maximum absolute atomic E-state index is 12.1. The fourth-order valence-corrected chi connectivity index (χ4v) is 3.24. The molecule has 0 aromatic heterocycles. The Morgan fingerprint density at radius 2 is 1.80 bits per heavy atom. The van der Waals surface area contributed by atoms with E-state index in [-0.39, 0.29) is 36.7 Å². The molecular formula is C20H30N2O3. The van der Waals surface area contributed by atoms with Gasteiger partial charge < -0.3 is 15.3 Å². The van der Waals surface area contributed by atoms with Crippen LogP contribution in [0.3, 0.4) is 0 Å². The molecule has 0 radical (unpaired) electrons. The maximum atomic E-state index is 12.1. The molecule has 1 aromatic carbocycles. The third-order valence-electron chi connectivity index (χ3n) is 4.93. The number of nitrogens with one attached hydrogen (secondary N) is 1. The first kappa shape index (κ1) is 19.4. The lowest BCUT2D eigenvalue weighted by Gasteiger charge is -2.29. The van der Waals surface area contributed by atoms with Crippen molar-refractivity contribution in [2.45, 2.75) is 51.6 Å². The van der Waals surface area contributed by atoms with Crippen molar-refractivity contribution in [1.29, 1.82) is 0 Å². The normalized spacial score (nSPS) is 16.7. The molecule has 1 heterocycles. The van der Waals surface area contributed by atoms with Gasteiger partial charge in [0, 0.05) is 38.4 Å². The summed E-state index contributed by atoms with van der Waals surface area (Å²) in [4.78, 5) is 26.0. The van der Waals surface area contributed by atoms with E-state index in [1.807, 2.05) is 18.2 Å². The molecule has 1 aliphatic heterocycles. The third-order valence-corrected chi connectivity index (χ3v) is 4.93. The van der Waals surface area contributed by atoms with Crippen LogP contribution in [0.1, 0.15) is 51.0 Å². The average Bonchev–Trinajstić information content (AvgIpc) is 2.61. The Hall–Kier alpha value is -1.88. The molecule has 5 nitrogen and oxygen atoms in total. The highest BCUT2D eigenvalue weighted by Gasteiger charge is 2.22. The second-order valence-corrected chi connectivity index (χ2v) is 7.18. The number of aliphatic hydroxyl groups excluding tert-OH is 1. The molecule has 1 saturated heterocycles. The van der Waals surface area contributed by atoms with Gasteiger partial charge in [-0.15, -0.1) is 0 Å². The number of rotatable bonds is 7. The van der Waals surface area contributed by atoms with Crippen molar-refractivity contribution in [2.24, 2.45) is 5.92 Å². The van der Waals surface area contributed by atoms with Crippen LogP contribution in [-0.2, 0) is 9.59 Å². The molecule has 1 atom stereocenters. The second kappa shape index (κ2) is 9.56. The Morgan fingerprint density at radius 3 is 2.40 bits per heavy atom. The van der Waals surface area contributed by atoms with Crippen molar-refractivity contribution < 1.29 is 14.7 Å². The minimum absolute atomic E-state index is 0.00511. The zero-order valence-electron chi connectivity index (χ0n) is 15.3. The Morgan fingerprint density at radius 1 is 1.16 bits per heavy atom. The van der Waals surface area contributed by atoms with E-state index in [1.54, 1.807) is 4.90 Å². The van der Waals surface area contributed by atoms with Gasteiger partial charge in [-0.3, -0.25) is 9.59 Å². The van der Waals surface area contributed by atoms with Gasteiger partial charge in [0.2, 0.25) is 11.8 Å². The fourth-order valence-electron chi connectivity index (χ4n) is 3.24. The number of nitrogens with zero attached hydrogens (tertiary/aromatic N) is 1. The van der Waals surface area contributed by atoms with Crippen molar-refractivity contribution in [3.05, 3.63) is 35.9 Å². The summed E-state index contributed by atoms with van der Waals surface area (Å²) in [5, 5.41) is 12.5. The van der Waals surface area contributed by atoms with E-state index in [1.165, 1.54) is 5.56 Å². The van der Waals surface area contributed by atoms with Crippen LogP contribution in [0, 0.1) is 5.92 Å². The summed E-state index contributed by atoms with van der Waals surface area (Å²) in [5.74, 6) is 0.617. The molecular weight excluding hydrogens is 316 g/mol. The zero-order chi connectivity index (χ0) is 18.2. The van der Waals surface area contributed by atoms with Crippen molar-refractivity contribution >= 4 is 11.8 Å². The van der Waals surface area contributed by atoms with Gasteiger partial charge in [0.05, 0.1) is 6.10 Å². The summed E-state index contributed by atoms with van der Waals surface area (Å²) in [5.41, 5.74) is 1.22. The van der Waals surface area contributed by atoms with E-state index >= 15 is 0 Å². The molecule has 1 unspecified atom stereocenters. The lowest BCUT2D eigenvalue weighted by molar-refractivity contribution is -0.135. The van der Waals surface area contributed by atoms with Crippen molar-refractivity contribution in [3.8, 4) is 0 Å². The Labute approximate surface area is 150 Å². The van der Waals surface area contributed by atoms with Crippen LogP contribution in [0.5, 0.6) is 0 Å². The highest BCUT2D eigenvalue weighted by molar-refractivity contribution is 5.83. The van der Waals surface area contributed by atoms with Crippen LogP contribution in [0.15, 0.2) is 30.3 Å². The van der Waals surface area contributed by atoms with Crippen molar-refractivity contribution in [2.75, 3.05) is 19.6 Å². The van der Waals surface area contributed by atoms with Gasteiger partial charge in [-0.05, 0) is 24.3 Å². The van der Waals surface area contributed by atoms with Crippen molar-refractivity contribution in [1.82, 2.24) is 10.2 Å². The lowest BCUT2D eigenvalue weighted by atomic mass is 9.88. The Balaban J connectivity index is 1.75.